The van der Waals surface area contributed by atoms with Gasteiger partial charge in [-0.3, -0.25) is 9.78 Å². The molecule has 1 aliphatic rings. The lowest BCUT2D eigenvalue weighted by atomic mass is 9.97. The maximum absolute atomic E-state index is 13.7. The predicted molar refractivity (Wildman–Crippen MR) is 143 cm³/mol. The molecule has 1 saturated heterocycles. The number of fused-ring (bicyclic) bond motifs is 1. The van der Waals surface area contributed by atoms with Crippen molar-refractivity contribution in [1.82, 2.24) is 19.9 Å². The van der Waals surface area contributed by atoms with Crippen molar-refractivity contribution in [3.63, 3.8) is 0 Å². The normalized spacial score (nSPS) is 15.2. The Morgan fingerprint density at radius 2 is 1.67 bits per heavy atom. The molecule has 220 valence electrons. The average molecular weight is 590 g/mol. The maximum atomic E-state index is 13.7. The Morgan fingerprint density at radius 3 is 2.31 bits per heavy atom. The average Bonchev–Trinajstić information content (AvgIpc) is 2.95. The van der Waals surface area contributed by atoms with Gasteiger partial charge < -0.3 is 15.3 Å². The number of aromatic nitrogens is 3. The summed E-state index contributed by atoms with van der Waals surface area (Å²) in [7, 11) is 0. The molecule has 7 nitrogen and oxygen atoms in total. The summed E-state index contributed by atoms with van der Waals surface area (Å²) in [5.74, 6) is -0.553. The molecule has 5 rings (SSSR count). The number of benzene rings is 2. The summed E-state index contributed by atoms with van der Waals surface area (Å²) in [5, 5.41) is 12.7. The number of anilines is 2. The molecule has 2 aromatic heterocycles. The number of carboxylic acids is 1. The molecule has 0 radical (unpaired) electrons. The van der Waals surface area contributed by atoms with E-state index in [0.717, 1.165) is 18.2 Å². The Balaban J connectivity index is 1.49. The molecule has 1 fully saturated rings. The Labute approximate surface area is 236 Å². The number of aliphatic carboxylic acids is 1. The van der Waals surface area contributed by atoms with Crippen LogP contribution in [0.4, 0.5) is 37.8 Å². The van der Waals surface area contributed by atoms with Crippen LogP contribution in [-0.4, -0.2) is 50.6 Å². The largest absolute Gasteiger partial charge is 0.481 e. The summed E-state index contributed by atoms with van der Waals surface area (Å²) in [6.45, 7) is 1.70. The van der Waals surface area contributed by atoms with Crippen LogP contribution in [0.25, 0.3) is 22.2 Å². The van der Waals surface area contributed by atoms with Crippen molar-refractivity contribution in [1.29, 1.82) is 0 Å². The molecule has 4 aromatic rings. The van der Waals surface area contributed by atoms with Crippen LogP contribution in [0.2, 0.25) is 0 Å². The lowest BCUT2D eigenvalue weighted by molar-refractivity contribution is -0.143. The number of hydrogen-bond donors (Lipinski definition) is 2. The first-order chi connectivity index (χ1) is 19.9. The number of nitrogens with zero attached hydrogens (tertiary/aromatic N) is 4. The number of nitrogens with one attached hydrogen (secondary N) is 1. The van der Waals surface area contributed by atoms with Gasteiger partial charge in [0, 0.05) is 35.8 Å². The zero-order chi connectivity index (χ0) is 30.1. The summed E-state index contributed by atoms with van der Waals surface area (Å²) < 4.78 is 80.2. The number of carbonyl (C=O) groups is 1. The van der Waals surface area contributed by atoms with Crippen molar-refractivity contribution in [3.05, 3.63) is 77.7 Å². The van der Waals surface area contributed by atoms with E-state index in [1.807, 2.05) is 0 Å². The molecule has 2 N–H and O–H groups in total. The van der Waals surface area contributed by atoms with E-state index in [0.29, 0.717) is 61.3 Å². The van der Waals surface area contributed by atoms with E-state index >= 15 is 0 Å². The molecule has 3 heterocycles. The van der Waals surface area contributed by atoms with Crippen LogP contribution >= 0.6 is 0 Å². The minimum absolute atomic E-state index is 0.191. The second kappa shape index (κ2) is 11.6. The number of carboxylic acid groups (broad SMARTS) is 1. The standard InChI is InChI=1S/C29H25F6N5O2/c30-28(31,32)19-4-6-20(7-5-19)37-26-21-8-3-18(25-22(29(33,34)35)2-1-12-36-25)16-23(21)38-24(39-26)11-15-40-13-9-17(10-14-40)27(41)42/h1-8,12,16-17H,9-11,13-15H2,(H,41,42)(H,37,38,39). The van der Waals surface area contributed by atoms with Crippen molar-refractivity contribution >= 4 is 28.4 Å². The van der Waals surface area contributed by atoms with Crippen molar-refractivity contribution in [2.24, 2.45) is 5.92 Å². The first-order valence-electron chi connectivity index (χ1n) is 13.1. The zero-order valence-corrected chi connectivity index (χ0v) is 22.0. The highest BCUT2D eigenvalue weighted by molar-refractivity contribution is 5.93. The Bertz CT molecular complexity index is 1580. The SMILES string of the molecule is O=C(O)C1CCN(CCc2nc(Nc3ccc(C(F)(F)F)cc3)c3ccc(-c4ncccc4C(F)(F)F)cc3n2)CC1. The Morgan fingerprint density at radius 1 is 0.952 bits per heavy atom. The number of likely N-dealkylation sites (tertiary alicyclic amines) is 1. The smallest absolute Gasteiger partial charge is 0.418 e. The number of alkyl halides is 6. The van der Waals surface area contributed by atoms with Gasteiger partial charge in [0.05, 0.1) is 28.3 Å². The molecule has 13 heteroatoms. The van der Waals surface area contributed by atoms with Gasteiger partial charge in [0.25, 0.3) is 0 Å². The fourth-order valence-corrected chi connectivity index (χ4v) is 4.94. The third-order valence-electron chi connectivity index (χ3n) is 7.19. The Kier molecular flexibility index (Phi) is 8.04. The molecule has 2 aromatic carbocycles. The molecular formula is C29H25F6N5O2. The van der Waals surface area contributed by atoms with Crippen LogP contribution in [0.3, 0.4) is 0 Å². The summed E-state index contributed by atoms with van der Waals surface area (Å²) in [6.07, 6.45) is -6.46. The van der Waals surface area contributed by atoms with Crippen LogP contribution in [0, 0.1) is 5.92 Å². The van der Waals surface area contributed by atoms with Crippen molar-refractivity contribution < 1.29 is 36.2 Å². The lowest BCUT2D eigenvalue weighted by Gasteiger charge is -2.29. The van der Waals surface area contributed by atoms with E-state index in [-0.39, 0.29) is 23.0 Å². The van der Waals surface area contributed by atoms with Crippen molar-refractivity contribution in [3.8, 4) is 11.3 Å². The van der Waals surface area contributed by atoms with Gasteiger partial charge in [-0.2, -0.15) is 26.3 Å². The van der Waals surface area contributed by atoms with Crippen LogP contribution in [0.15, 0.2) is 60.8 Å². The van der Waals surface area contributed by atoms with Crippen LogP contribution in [0.1, 0.15) is 29.8 Å². The van der Waals surface area contributed by atoms with Crippen molar-refractivity contribution in [2.75, 3.05) is 25.0 Å². The number of rotatable bonds is 7. The molecule has 0 amide bonds. The van der Waals surface area contributed by atoms with Crippen LogP contribution in [0.5, 0.6) is 0 Å². The fourth-order valence-electron chi connectivity index (χ4n) is 4.94. The second-order valence-corrected chi connectivity index (χ2v) is 10.0. The van der Waals surface area contributed by atoms with E-state index in [9.17, 15) is 36.2 Å². The van der Waals surface area contributed by atoms with Gasteiger partial charge in [0.15, 0.2) is 0 Å². The lowest BCUT2D eigenvalue weighted by Crippen LogP contribution is -2.37. The molecule has 0 saturated carbocycles. The predicted octanol–water partition coefficient (Wildman–Crippen LogP) is 6.81. The zero-order valence-electron chi connectivity index (χ0n) is 22.0. The minimum Gasteiger partial charge on any atom is -0.481 e. The molecule has 0 aliphatic carbocycles. The molecule has 0 unspecified atom stereocenters. The number of halogens is 6. The molecule has 1 aliphatic heterocycles. The van der Waals surface area contributed by atoms with Gasteiger partial charge in [-0.1, -0.05) is 6.07 Å². The van der Waals surface area contributed by atoms with E-state index in [1.54, 1.807) is 6.07 Å². The summed E-state index contributed by atoms with van der Waals surface area (Å²) >= 11 is 0. The summed E-state index contributed by atoms with van der Waals surface area (Å²) in [5.41, 5.74) is -1.12. The van der Waals surface area contributed by atoms with Gasteiger partial charge in [-0.05, 0) is 74.5 Å². The maximum Gasteiger partial charge on any atom is 0.418 e. The van der Waals surface area contributed by atoms with E-state index in [4.69, 9.17) is 0 Å². The highest BCUT2D eigenvalue weighted by Gasteiger charge is 2.34. The summed E-state index contributed by atoms with van der Waals surface area (Å²) in [4.78, 5) is 26.5. The molecular weight excluding hydrogens is 564 g/mol. The topological polar surface area (TPSA) is 91.2 Å². The first-order valence-corrected chi connectivity index (χ1v) is 13.1. The number of pyridine rings is 1. The Hall–Kier alpha value is -4.26. The molecule has 0 atom stereocenters. The highest BCUT2D eigenvalue weighted by Crippen LogP contribution is 2.37. The van der Waals surface area contributed by atoms with Gasteiger partial charge in [0.2, 0.25) is 0 Å². The minimum atomic E-state index is -4.63. The van der Waals surface area contributed by atoms with E-state index in [1.165, 1.54) is 36.5 Å². The van der Waals surface area contributed by atoms with Crippen molar-refractivity contribution in [2.45, 2.75) is 31.6 Å². The van der Waals surface area contributed by atoms with Gasteiger partial charge in [-0.25, -0.2) is 9.97 Å². The third-order valence-corrected chi connectivity index (χ3v) is 7.19. The third kappa shape index (κ3) is 6.62. The molecule has 0 spiro atoms. The van der Waals surface area contributed by atoms with Crippen LogP contribution in [-0.2, 0) is 23.6 Å². The van der Waals surface area contributed by atoms with Crippen LogP contribution < -0.4 is 5.32 Å². The fraction of sp³-hybridized carbons (Fsp3) is 0.310. The van der Waals surface area contributed by atoms with Gasteiger partial charge >= 0.3 is 18.3 Å². The summed E-state index contributed by atoms with van der Waals surface area (Å²) in [6, 6.07) is 11.1. The number of piperidine rings is 1. The highest BCUT2D eigenvalue weighted by atomic mass is 19.4. The molecule has 42 heavy (non-hydrogen) atoms. The number of hydrogen-bond acceptors (Lipinski definition) is 6. The molecule has 0 bridgehead atoms. The monoisotopic (exact) mass is 589 g/mol. The van der Waals surface area contributed by atoms with Gasteiger partial charge in [0.1, 0.15) is 11.6 Å². The van der Waals surface area contributed by atoms with E-state index < -0.39 is 29.4 Å². The second-order valence-electron chi connectivity index (χ2n) is 10.0. The van der Waals surface area contributed by atoms with E-state index in [2.05, 4.69) is 25.2 Å². The first kappa shape index (κ1) is 29.2. The quantitative estimate of drug-likeness (QED) is 0.229. The van der Waals surface area contributed by atoms with Gasteiger partial charge in [-0.15, -0.1) is 0 Å².